The molecule has 13 heteroatoms. The van der Waals surface area contributed by atoms with Crippen molar-refractivity contribution < 1.29 is 21.6 Å². The highest BCUT2D eigenvalue weighted by Crippen LogP contribution is 2.36. The molecule has 0 fully saturated rings. The summed E-state index contributed by atoms with van der Waals surface area (Å²) in [6.45, 7) is 0. The van der Waals surface area contributed by atoms with Crippen molar-refractivity contribution in [3.8, 4) is 5.69 Å². The number of hydrogen-bond acceptors (Lipinski definition) is 6. The summed E-state index contributed by atoms with van der Waals surface area (Å²) in [5, 5.41) is -0.475. The summed E-state index contributed by atoms with van der Waals surface area (Å²) in [7, 11) is -4.33. The van der Waals surface area contributed by atoms with Crippen LogP contribution in [0.3, 0.4) is 0 Å². The van der Waals surface area contributed by atoms with E-state index in [9.17, 15) is 26.4 Å². The number of nitrogens with one attached hydrogen (secondary N) is 1. The van der Waals surface area contributed by atoms with E-state index in [4.69, 9.17) is 17.3 Å². The lowest BCUT2D eigenvalue weighted by atomic mass is 10.2. The number of halogens is 4. The molecule has 170 valence electrons. The summed E-state index contributed by atoms with van der Waals surface area (Å²) in [5.41, 5.74) is 5.04. The van der Waals surface area contributed by atoms with Gasteiger partial charge in [-0.25, -0.2) is 18.4 Å². The Balaban J connectivity index is 1.67. The lowest BCUT2D eigenvalue weighted by Gasteiger charge is -2.14. The molecule has 0 unspecified atom stereocenters. The number of anilines is 2. The lowest BCUT2D eigenvalue weighted by Crippen LogP contribution is -2.15. The maximum Gasteiger partial charge on any atom is 0.417 e. The predicted molar refractivity (Wildman–Crippen MR) is 117 cm³/mol. The molecule has 4 rings (SSSR count). The number of hydrogen-bond donors (Lipinski definition) is 2. The summed E-state index contributed by atoms with van der Waals surface area (Å²) in [5.74, 6) is 0.0184. The lowest BCUT2D eigenvalue weighted by molar-refractivity contribution is -0.137. The average Bonchev–Trinajstić information content (AvgIpc) is 2.74. The molecule has 0 atom stereocenters. The van der Waals surface area contributed by atoms with Gasteiger partial charge in [0.05, 0.1) is 15.5 Å². The predicted octanol–water partition coefficient (Wildman–Crippen LogP) is 3.84. The van der Waals surface area contributed by atoms with Crippen LogP contribution in [0.2, 0.25) is 5.02 Å². The van der Waals surface area contributed by atoms with Gasteiger partial charge in [-0.1, -0.05) is 11.6 Å². The zero-order chi connectivity index (χ0) is 24.0. The van der Waals surface area contributed by atoms with Crippen LogP contribution in [0.15, 0.2) is 70.7 Å². The van der Waals surface area contributed by atoms with Gasteiger partial charge in [0, 0.05) is 23.6 Å². The first kappa shape index (κ1) is 22.6. The van der Waals surface area contributed by atoms with E-state index in [1.54, 1.807) is 4.57 Å². The number of nitrogens with zero attached hydrogens (tertiary/aromatic N) is 3. The molecule has 8 nitrogen and oxygen atoms in total. The Morgan fingerprint density at radius 1 is 1.03 bits per heavy atom. The van der Waals surface area contributed by atoms with Crippen molar-refractivity contribution in [2.24, 2.45) is 0 Å². The molecular weight excluding hydrogens is 483 g/mol. The maximum atomic E-state index is 13.1. The number of nitrogen functional groups attached to an aromatic ring is 1. The van der Waals surface area contributed by atoms with Gasteiger partial charge in [0.25, 0.3) is 10.0 Å². The van der Waals surface area contributed by atoms with Crippen molar-refractivity contribution >= 4 is 44.2 Å². The van der Waals surface area contributed by atoms with Crippen LogP contribution in [-0.4, -0.2) is 23.0 Å². The number of benzene rings is 2. The van der Waals surface area contributed by atoms with Crippen molar-refractivity contribution in [1.29, 1.82) is 0 Å². The van der Waals surface area contributed by atoms with Crippen LogP contribution in [0, 0.1) is 0 Å². The van der Waals surface area contributed by atoms with Crippen LogP contribution < -0.4 is 15.9 Å². The van der Waals surface area contributed by atoms with E-state index in [0.29, 0.717) is 11.8 Å². The fourth-order valence-electron chi connectivity index (χ4n) is 3.11. The van der Waals surface area contributed by atoms with E-state index in [2.05, 4.69) is 14.7 Å². The Morgan fingerprint density at radius 2 is 1.73 bits per heavy atom. The zero-order valence-corrected chi connectivity index (χ0v) is 17.9. The molecule has 0 amide bonds. The van der Waals surface area contributed by atoms with Gasteiger partial charge >= 0.3 is 6.18 Å². The quantitative estimate of drug-likeness (QED) is 0.444. The van der Waals surface area contributed by atoms with Gasteiger partial charge in [-0.15, -0.1) is 0 Å². The second-order valence-electron chi connectivity index (χ2n) is 6.80. The van der Waals surface area contributed by atoms with Gasteiger partial charge in [-0.05, 0) is 42.5 Å². The molecule has 0 saturated heterocycles. The molecule has 0 bridgehead atoms. The van der Waals surface area contributed by atoms with Gasteiger partial charge in [0.15, 0.2) is 11.1 Å². The van der Waals surface area contributed by atoms with Crippen LogP contribution in [0.1, 0.15) is 5.56 Å². The Morgan fingerprint density at radius 3 is 2.39 bits per heavy atom. The highest BCUT2D eigenvalue weighted by molar-refractivity contribution is 7.92. The topological polar surface area (TPSA) is 120 Å². The molecule has 3 N–H and O–H groups in total. The number of aromatic nitrogens is 3. The first-order valence-electron chi connectivity index (χ1n) is 9.09. The Hall–Kier alpha value is -3.64. The molecule has 4 aromatic rings. The molecule has 0 aliphatic heterocycles. The molecular formula is C20H13ClF3N5O3S. The largest absolute Gasteiger partial charge is 0.417 e. The molecule has 2 aromatic heterocycles. The highest BCUT2D eigenvalue weighted by Gasteiger charge is 2.34. The van der Waals surface area contributed by atoms with Crippen LogP contribution in [0.25, 0.3) is 16.7 Å². The standard InChI is InChI=1S/C20H13ClF3N5O3S/c21-15-6-5-13(9-14(15)20(22,23)24)33(31,32)28-11-1-3-12(4-2-11)29-8-7-16(30)17-18(25)26-10-27-19(17)29/h1-10,28H,(H2,25,26,27). The third kappa shape index (κ3) is 4.34. The zero-order valence-electron chi connectivity index (χ0n) is 16.3. The van der Waals surface area contributed by atoms with Gasteiger partial charge in [-0.2, -0.15) is 13.2 Å². The SMILES string of the molecule is Nc1ncnc2c1c(=O)ccn2-c1ccc(NS(=O)(=O)c2ccc(Cl)c(C(F)(F)F)c2)cc1. The summed E-state index contributed by atoms with van der Waals surface area (Å²) in [6, 6.07) is 9.48. The van der Waals surface area contributed by atoms with Crippen molar-refractivity contribution in [1.82, 2.24) is 14.5 Å². The van der Waals surface area contributed by atoms with E-state index in [1.165, 1.54) is 42.9 Å². The fraction of sp³-hybridized carbons (Fsp3) is 0.0500. The van der Waals surface area contributed by atoms with E-state index in [1.807, 2.05) is 0 Å². The van der Waals surface area contributed by atoms with Gasteiger partial charge in [0.2, 0.25) is 0 Å². The summed E-state index contributed by atoms with van der Waals surface area (Å²) in [4.78, 5) is 19.4. The first-order valence-corrected chi connectivity index (χ1v) is 11.0. The molecule has 0 saturated carbocycles. The monoisotopic (exact) mass is 495 g/mol. The van der Waals surface area contributed by atoms with Crippen molar-refractivity contribution in [2.45, 2.75) is 11.1 Å². The van der Waals surface area contributed by atoms with E-state index >= 15 is 0 Å². The molecule has 0 spiro atoms. The van der Waals surface area contributed by atoms with Crippen LogP contribution in [0.5, 0.6) is 0 Å². The van der Waals surface area contributed by atoms with Gasteiger partial charge in [0.1, 0.15) is 17.5 Å². The smallest absolute Gasteiger partial charge is 0.383 e. The third-order valence-corrected chi connectivity index (χ3v) is 6.37. The molecule has 0 aliphatic carbocycles. The number of nitrogens with two attached hydrogens (primary N) is 1. The number of alkyl halides is 3. The summed E-state index contributed by atoms with van der Waals surface area (Å²) in [6.07, 6.45) is -2.13. The van der Waals surface area contributed by atoms with Crippen LogP contribution >= 0.6 is 11.6 Å². The van der Waals surface area contributed by atoms with Gasteiger partial charge in [-0.3, -0.25) is 9.52 Å². The minimum Gasteiger partial charge on any atom is -0.383 e. The van der Waals surface area contributed by atoms with Crippen molar-refractivity contribution in [3.05, 3.63) is 81.9 Å². The number of sulfonamides is 1. The van der Waals surface area contributed by atoms with Crippen molar-refractivity contribution in [3.63, 3.8) is 0 Å². The van der Waals surface area contributed by atoms with E-state index in [-0.39, 0.29) is 28.0 Å². The van der Waals surface area contributed by atoms with E-state index < -0.39 is 31.7 Å². The van der Waals surface area contributed by atoms with Crippen molar-refractivity contribution in [2.75, 3.05) is 10.5 Å². The third-order valence-electron chi connectivity index (χ3n) is 4.66. The second-order valence-corrected chi connectivity index (χ2v) is 8.89. The van der Waals surface area contributed by atoms with E-state index in [0.717, 1.165) is 12.1 Å². The molecule has 0 radical (unpaired) electrons. The molecule has 2 aromatic carbocycles. The molecule has 2 heterocycles. The number of pyridine rings is 1. The second kappa shape index (κ2) is 8.05. The summed E-state index contributed by atoms with van der Waals surface area (Å²) >= 11 is 5.55. The Kier molecular flexibility index (Phi) is 5.50. The maximum absolute atomic E-state index is 13.1. The molecule has 0 aliphatic rings. The molecule has 33 heavy (non-hydrogen) atoms. The summed E-state index contributed by atoms with van der Waals surface area (Å²) < 4.78 is 68.2. The highest BCUT2D eigenvalue weighted by atomic mass is 35.5. The van der Waals surface area contributed by atoms with Crippen LogP contribution in [0.4, 0.5) is 24.7 Å². The number of rotatable bonds is 4. The minimum absolute atomic E-state index is 0.0184. The first-order chi connectivity index (χ1) is 15.5. The van der Waals surface area contributed by atoms with Gasteiger partial charge < -0.3 is 10.3 Å². The Bertz CT molecular complexity index is 1540. The Labute approximate surface area is 189 Å². The van der Waals surface area contributed by atoms with Crippen LogP contribution in [-0.2, 0) is 16.2 Å². The normalized spacial score (nSPS) is 12.1. The average molecular weight is 496 g/mol. The number of fused-ring (bicyclic) bond motifs is 1. The minimum atomic E-state index is -4.81. The fourth-order valence-corrected chi connectivity index (χ4v) is 4.42.